The molecule has 2 aromatic heterocycles. The summed E-state index contributed by atoms with van der Waals surface area (Å²) in [4.78, 5) is 12.9. The number of aromatic nitrogens is 3. The van der Waals surface area contributed by atoms with Crippen molar-refractivity contribution in [3.63, 3.8) is 0 Å². The highest BCUT2D eigenvalue weighted by molar-refractivity contribution is 6.28. The molecule has 0 spiro atoms. The molecule has 3 nitrogen and oxygen atoms in total. The third-order valence-corrected chi connectivity index (χ3v) is 3.92. The van der Waals surface area contributed by atoms with E-state index in [2.05, 4.69) is 41.8 Å². The maximum atomic E-state index is 5.88. The molecular weight excluding hydrogens is 258 g/mol. The Morgan fingerprint density at radius 1 is 1.11 bits per heavy atom. The summed E-state index contributed by atoms with van der Waals surface area (Å²) < 4.78 is 0. The van der Waals surface area contributed by atoms with Gasteiger partial charge in [-0.25, -0.2) is 9.97 Å². The molecule has 1 aliphatic carbocycles. The van der Waals surface area contributed by atoms with Crippen LogP contribution in [0, 0.1) is 20.8 Å². The number of halogens is 1. The summed E-state index contributed by atoms with van der Waals surface area (Å²) >= 11 is 5.88. The van der Waals surface area contributed by atoms with E-state index in [1.54, 1.807) is 6.20 Å². The minimum atomic E-state index is 0.279. The second-order valence-corrected chi connectivity index (χ2v) is 5.14. The number of pyridine rings is 1. The molecule has 0 atom stereocenters. The number of hydrogen-bond donors (Lipinski definition) is 0. The zero-order valence-electron chi connectivity index (χ0n) is 11.2. The van der Waals surface area contributed by atoms with Gasteiger partial charge >= 0.3 is 0 Å². The summed E-state index contributed by atoms with van der Waals surface area (Å²) in [7, 11) is 0. The van der Waals surface area contributed by atoms with Crippen molar-refractivity contribution in [1.82, 2.24) is 15.0 Å². The van der Waals surface area contributed by atoms with Crippen molar-refractivity contribution in [2.45, 2.75) is 27.2 Å². The summed E-state index contributed by atoms with van der Waals surface area (Å²) in [5, 5.41) is 0.279. The van der Waals surface area contributed by atoms with Gasteiger partial charge in [0, 0.05) is 29.4 Å². The van der Waals surface area contributed by atoms with Crippen LogP contribution in [0.4, 0.5) is 0 Å². The summed E-state index contributed by atoms with van der Waals surface area (Å²) in [5.41, 5.74) is 7.95. The van der Waals surface area contributed by atoms with Gasteiger partial charge in [-0.3, -0.25) is 4.98 Å². The van der Waals surface area contributed by atoms with Crippen molar-refractivity contribution >= 4 is 17.2 Å². The molecule has 0 N–H and O–H groups in total. The van der Waals surface area contributed by atoms with Crippen LogP contribution in [0.25, 0.3) is 5.57 Å². The Kier molecular flexibility index (Phi) is 2.86. The zero-order chi connectivity index (χ0) is 13.6. The van der Waals surface area contributed by atoms with Gasteiger partial charge in [0.15, 0.2) is 0 Å². The summed E-state index contributed by atoms with van der Waals surface area (Å²) in [6, 6.07) is 1.89. The Morgan fingerprint density at radius 2 is 1.89 bits per heavy atom. The molecule has 0 amide bonds. The molecule has 19 heavy (non-hydrogen) atoms. The van der Waals surface area contributed by atoms with E-state index in [1.807, 2.05) is 6.07 Å². The fraction of sp³-hybridized carbons (Fsp3) is 0.267. The van der Waals surface area contributed by atoms with Crippen molar-refractivity contribution in [2.24, 2.45) is 0 Å². The Balaban J connectivity index is 2.19. The summed E-state index contributed by atoms with van der Waals surface area (Å²) in [6.45, 7) is 6.31. The van der Waals surface area contributed by atoms with Crippen molar-refractivity contribution in [3.8, 4) is 0 Å². The lowest BCUT2D eigenvalue weighted by Gasteiger charge is -2.13. The van der Waals surface area contributed by atoms with Crippen molar-refractivity contribution in [2.75, 3.05) is 0 Å². The predicted molar refractivity (Wildman–Crippen MR) is 76.3 cm³/mol. The lowest BCUT2D eigenvalue weighted by Crippen LogP contribution is -2.02. The first-order valence-electron chi connectivity index (χ1n) is 6.24. The standard InChI is InChI=1S/C15H14ClN3/c1-8-9(2)14-11(4-5-13(14)18-10(8)3)12-6-7-17-15(16)19-12/h4,6-7H,5H2,1-3H3. The molecule has 2 heterocycles. The van der Waals surface area contributed by atoms with E-state index in [0.29, 0.717) is 0 Å². The van der Waals surface area contributed by atoms with E-state index in [0.717, 1.165) is 29.1 Å². The van der Waals surface area contributed by atoms with Crippen LogP contribution >= 0.6 is 11.6 Å². The third-order valence-electron chi connectivity index (χ3n) is 3.74. The molecule has 0 radical (unpaired) electrons. The molecule has 3 rings (SSSR count). The maximum absolute atomic E-state index is 5.88. The Hall–Kier alpha value is -1.74. The van der Waals surface area contributed by atoms with E-state index in [1.165, 1.54) is 16.7 Å². The summed E-state index contributed by atoms with van der Waals surface area (Å²) in [5.74, 6) is 0. The van der Waals surface area contributed by atoms with Gasteiger partial charge in [-0.2, -0.15) is 0 Å². The van der Waals surface area contributed by atoms with Crippen LogP contribution < -0.4 is 0 Å². The molecule has 0 unspecified atom stereocenters. The van der Waals surface area contributed by atoms with Gasteiger partial charge in [0.2, 0.25) is 5.28 Å². The second-order valence-electron chi connectivity index (χ2n) is 4.80. The largest absolute Gasteiger partial charge is 0.257 e. The SMILES string of the molecule is Cc1nc2c(c(C)c1C)C(c1ccnc(Cl)n1)=CC2. The van der Waals surface area contributed by atoms with Gasteiger partial charge in [0.05, 0.1) is 11.4 Å². The smallest absolute Gasteiger partial charge is 0.222 e. The fourth-order valence-electron chi connectivity index (χ4n) is 2.54. The number of nitrogens with zero attached hydrogens (tertiary/aromatic N) is 3. The van der Waals surface area contributed by atoms with E-state index in [4.69, 9.17) is 11.6 Å². The van der Waals surface area contributed by atoms with E-state index in [-0.39, 0.29) is 5.28 Å². The molecule has 1 aliphatic rings. The number of fused-ring (bicyclic) bond motifs is 1. The van der Waals surface area contributed by atoms with Crippen LogP contribution in [0.5, 0.6) is 0 Å². The van der Waals surface area contributed by atoms with Gasteiger partial charge in [-0.15, -0.1) is 0 Å². The predicted octanol–water partition coefficient (Wildman–Crippen LogP) is 3.44. The van der Waals surface area contributed by atoms with Crippen molar-refractivity contribution < 1.29 is 0 Å². The molecule has 0 fully saturated rings. The lowest BCUT2D eigenvalue weighted by atomic mass is 9.96. The number of aryl methyl sites for hydroxylation is 1. The first-order valence-corrected chi connectivity index (χ1v) is 6.62. The molecule has 0 saturated carbocycles. The molecular formula is C15H14ClN3. The minimum absolute atomic E-state index is 0.279. The van der Waals surface area contributed by atoms with Crippen LogP contribution in [-0.2, 0) is 6.42 Å². The molecule has 0 aliphatic heterocycles. The van der Waals surface area contributed by atoms with E-state index >= 15 is 0 Å². The third kappa shape index (κ3) is 1.94. The van der Waals surface area contributed by atoms with Gasteiger partial charge in [-0.1, -0.05) is 6.08 Å². The molecule has 96 valence electrons. The summed E-state index contributed by atoms with van der Waals surface area (Å²) in [6.07, 6.45) is 4.71. The number of allylic oxidation sites excluding steroid dienone is 1. The topological polar surface area (TPSA) is 38.7 Å². The van der Waals surface area contributed by atoms with Crippen molar-refractivity contribution in [3.05, 3.63) is 57.4 Å². The van der Waals surface area contributed by atoms with Gasteiger partial charge in [0.25, 0.3) is 0 Å². The second kappa shape index (κ2) is 4.42. The fourth-order valence-corrected chi connectivity index (χ4v) is 2.69. The molecule has 2 aromatic rings. The first-order chi connectivity index (χ1) is 9.08. The molecule has 0 aromatic carbocycles. The minimum Gasteiger partial charge on any atom is -0.257 e. The van der Waals surface area contributed by atoms with Crippen LogP contribution in [0.2, 0.25) is 5.28 Å². The number of hydrogen-bond acceptors (Lipinski definition) is 3. The highest BCUT2D eigenvalue weighted by Gasteiger charge is 2.22. The molecule has 4 heteroatoms. The molecule has 0 bridgehead atoms. The van der Waals surface area contributed by atoms with Gasteiger partial charge < -0.3 is 0 Å². The Morgan fingerprint density at radius 3 is 2.63 bits per heavy atom. The average Bonchev–Trinajstić information content (AvgIpc) is 2.80. The highest BCUT2D eigenvalue weighted by atomic mass is 35.5. The quantitative estimate of drug-likeness (QED) is 0.746. The van der Waals surface area contributed by atoms with E-state index in [9.17, 15) is 0 Å². The highest BCUT2D eigenvalue weighted by Crippen LogP contribution is 2.35. The maximum Gasteiger partial charge on any atom is 0.222 e. The van der Waals surface area contributed by atoms with E-state index < -0.39 is 0 Å². The molecule has 0 saturated heterocycles. The van der Waals surface area contributed by atoms with Crippen molar-refractivity contribution in [1.29, 1.82) is 0 Å². The van der Waals surface area contributed by atoms with Crippen LogP contribution in [0.15, 0.2) is 18.3 Å². The van der Waals surface area contributed by atoms with Crippen LogP contribution in [0.3, 0.4) is 0 Å². The Bertz CT molecular complexity index is 705. The first kappa shape index (κ1) is 12.3. The van der Waals surface area contributed by atoms with Gasteiger partial charge in [-0.05, 0) is 49.6 Å². The zero-order valence-corrected chi connectivity index (χ0v) is 11.9. The average molecular weight is 272 g/mol. The van der Waals surface area contributed by atoms with Gasteiger partial charge in [0.1, 0.15) is 0 Å². The lowest BCUT2D eigenvalue weighted by molar-refractivity contribution is 1.03. The monoisotopic (exact) mass is 271 g/mol. The number of rotatable bonds is 1. The normalized spacial score (nSPS) is 13.4. The Labute approximate surface area is 117 Å². The van der Waals surface area contributed by atoms with Crippen LogP contribution in [0.1, 0.15) is 33.8 Å². The van der Waals surface area contributed by atoms with Crippen LogP contribution in [-0.4, -0.2) is 15.0 Å².